The first-order chi connectivity index (χ1) is 25.5. The van der Waals surface area contributed by atoms with E-state index in [4.69, 9.17) is 28.4 Å². The molecule has 53 heavy (non-hydrogen) atoms. The number of piperazine rings is 1. The zero-order chi connectivity index (χ0) is 37.3. The number of esters is 3. The van der Waals surface area contributed by atoms with Crippen LogP contribution in [0.4, 0.5) is 0 Å². The lowest BCUT2D eigenvalue weighted by atomic mass is 9.73. The van der Waals surface area contributed by atoms with Crippen molar-refractivity contribution in [3.63, 3.8) is 0 Å². The number of hydrogen-bond donors (Lipinski definition) is 2. The summed E-state index contributed by atoms with van der Waals surface area (Å²) in [5.41, 5.74) is 4.86. The van der Waals surface area contributed by atoms with E-state index in [1.54, 1.807) is 13.0 Å². The van der Waals surface area contributed by atoms with E-state index in [1.165, 1.54) is 31.9 Å². The van der Waals surface area contributed by atoms with Gasteiger partial charge in [-0.1, -0.05) is 36.4 Å². The standard InChI is InChI=1S/C39H40N2O11S/c1-18-13-22-14-23-38(45)41-24-15-48-39(46)25(52-26(43)12-11-21-9-7-6-8-10-21)16-53-37(31(41)30(40(23)4)27(22)32(44)33(18)47-5)29-28(24)36-35(49-17-50-36)19(2)34(29)51-20(3)42/h6-13,23-25,30-31,37-38,44-45H,14-17H2,1-5H3/t23-,24-,25-,30+,31?,37+,38-/m0/s1. The SMILES string of the molecule is COc1c(C)cc2c(c1O)[C@@H]1C3[C@@H]4SC[C@H](OC(=O)C=Cc5ccccc5)C(=O)OC[C@@H](c5c6c(c(C)c(OC(C)=O)c54)OCO6)N3[C@@H](O)[C@H](C2)N1C. The molecular weight excluding hydrogens is 704 g/mol. The lowest BCUT2D eigenvalue weighted by Crippen LogP contribution is -2.69. The second-order valence-electron chi connectivity index (χ2n) is 13.9. The predicted molar refractivity (Wildman–Crippen MR) is 192 cm³/mol. The van der Waals surface area contributed by atoms with Gasteiger partial charge in [-0.2, -0.15) is 0 Å². The fraction of sp³-hybridized carbons (Fsp3) is 0.410. The number of aryl methyl sites for hydroxylation is 1. The highest BCUT2D eigenvalue weighted by Crippen LogP contribution is 2.64. The Bertz CT molecular complexity index is 2040. The maximum absolute atomic E-state index is 13.7. The number of phenolic OH excluding ortho intramolecular Hbond substituents is 1. The Labute approximate surface area is 310 Å². The molecular formula is C39H40N2O11S. The van der Waals surface area contributed by atoms with Crippen molar-refractivity contribution in [2.45, 2.75) is 68.9 Å². The van der Waals surface area contributed by atoms with E-state index in [0.717, 1.165) is 16.7 Å². The van der Waals surface area contributed by atoms with Gasteiger partial charge in [0.1, 0.15) is 18.6 Å². The second-order valence-corrected chi connectivity index (χ2v) is 15.1. The van der Waals surface area contributed by atoms with Crippen molar-refractivity contribution in [1.82, 2.24) is 9.80 Å². The molecule has 6 heterocycles. The molecule has 9 rings (SSSR count). The summed E-state index contributed by atoms with van der Waals surface area (Å²) >= 11 is 1.31. The number of fused-ring (bicyclic) bond motifs is 10. The van der Waals surface area contributed by atoms with Crippen LogP contribution >= 0.6 is 11.8 Å². The monoisotopic (exact) mass is 744 g/mol. The first-order valence-electron chi connectivity index (χ1n) is 17.4. The number of carbonyl (C=O) groups is 3. The van der Waals surface area contributed by atoms with Crippen molar-refractivity contribution in [3.05, 3.63) is 81.4 Å². The molecule has 0 radical (unpaired) electrons. The Morgan fingerprint density at radius 1 is 1.04 bits per heavy atom. The van der Waals surface area contributed by atoms with E-state index in [0.29, 0.717) is 45.9 Å². The maximum Gasteiger partial charge on any atom is 0.348 e. The number of thioether (sulfide) groups is 1. The number of benzene rings is 3. The van der Waals surface area contributed by atoms with Crippen LogP contribution < -0.4 is 18.9 Å². The Kier molecular flexibility index (Phi) is 9.04. The highest BCUT2D eigenvalue weighted by Gasteiger charge is 2.60. The van der Waals surface area contributed by atoms with Crippen LogP contribution in [-0.2, 0) is 30.3 Å². The Morgan fingerprint density at radius 2 is 1.79 bits per heavy atom. The van der Waals surface area contributed by atoms with Gasteiger partial charge in [-0.15, -0.1) is 11.8 Å². The molecule has 3 aromatic rings. The van der Waals surface area contributed by atoms with Gasteiger partial charge in [0.25, 0.3) is 0 Å². The molecule has 3 aromatic carbocycles. The van der Waals surface area contributed by atoms with Crippen molar-refractivity contribution in [1.29, 1.82) is 0 Å². The number of likely N-dealkylation sites (N-methyl/N-ethyl adjacent to an activating group) is 1. The average molecular weight is 745 g/mol. The fourth-order valence-electron chi connectivity index (χ4n) is 8.75. The lowest BCUT2D eigenvalue weighted by Gasteiger charge is -2.62. The van der Waals surface area contributed by atoms with Crippen LogP contribution in [0.3, 0.4) is 0 Å². The quantitative estimate of drug-likeness (QED) is 0.217. The summed E-state index contributed by atoms with van der Waals surface area (Å²) in [6, 6.07) is 8.88. The van der Waals surface area contributed by atoms with E-state index in [2.05, 4.69) is 4.90 Å². The summed E-state index contributed by atoms with van der Waals surface area (Å²) in [4.78, 5) is 43.6. The molecule has 0 saturated carbocycles. The molecule has 278 valence electrons. The number of ether oxygens (including phenoxy) is 6. The minimum absolute atomic E-state index is 0.0119. The molecule has 2 saturated heterocycles. The number of phenols is 1. The third-order valence-corrected chi connectivity index (χ3v) is 12.3. The molecule has 0 aromatic heterocycles. The Morgan fingerprint density at radius 3 is 2.53 bits per heavy atom. The average Bonchev–Trinajstić information content (AvgIpc) is 3.63. The van der Waals surface area contributed by atoms with Crippen molar-refractivity contribution in [2.75, 3.05) is 33.3 Å². The number of aliphatic hydroxyl groups is 1. The first kappa shape index (κ1) is 35.3. The van der Waals surface area contributed by atoms with E-state index in [-0.39, 0.29) is 30.7 Å². The first-order valence-corrected chi connectivity index (χ1v) is 18.5. The number of aromatic hydroxyl groups is 1. The molecule has 2 N–H and O–H groups in total. The highest BCUT2D eigenvalue weighted by molar-refractivity contribution is 7.99. The molecule has 1 unspecified atom stereocenters. The minimum Gasteiger partial charge on any atom is -0.504 e. The van der Waals surface area contributed by atoms with E-state index < -0.39 is 59.7 Å². The van der Waals surface area contributed by atoms with E-state index >= 15 is 0 Å². The molecule has 13 nitrogen and oxygen atoms in total. The van der Waals surface area contributed by atoms with Gasteiger partial charge < -0.3 is 38.6 Å². The summed E-state index contributed by atoms with van der Waals surface area (Å²) in [6.07, 6.45) is 0.951. The van der Waals surface area contributed by atoms with Crippen LogP contribution in [0.25, 0.3) is 6.08 Å². The minimum atomic E-state index is -1.29. The van der Waals surface area contributed by atoms with Crippen LogP contribution in [0.5, 0.6) is 28.7 Å². The van der Waals surface area contributed by atoms with Gasteiger partial charge in [0, 0.05) is 47.0 Å². The van der Waals surface area contributed by atoms with Gasteiger partial charge in [0.2, 0.25) is 12.9 Å². The third kappa shape index (κ3) is 5.70. The molecule has 7 atom stereocenters. The fourth-order valence-corrected chi connectivity index (χ4v) is 10.2. The second kappa shape index (κ2) is 13.6. The smallest absolute Gasteiger partial charge is 0.348 e. The van der Waals surface area contributed by atoms with Gasteiger partial charge in [0.15, 0.2) is 23.0 Å². The molecule has 2 fully saturated rings. The zero-order valence-electron chi connectivity index (χ0n) is 29.9. The van der Waals surface area contributed by atoms with Crippen molar-refractivity contribution in [2.24, 2.45) is 0 Å². The maximum atomic E-state index is 13.7. The van der Waals surface area contributed by atoms with Crippen molar-refractivity contribution < 1.29 is 53.0 Å². The molecule has 0 amide bonds. The number of nitrogens with zero attached hydrogens (tertiary/aromatic N) is 2. The Balaban J connectivity index is 1.30. The van der Waals surface area contributed by atoms with Crippen LogP contribution in [-0.4, -0.2) is 95.6 Å². The van der Waals surface area contributed by atoms with E-state index in [9.17, 15) is 24.6 Å². The number of hydrogen-bond acceptors (Lipinski definition) is 14. The van der Waals surface area contributed by atoms with Gasteiger partial charge in [0.05, 0.1) is 30.5 Å². The highest BCUT2D eigenvalue weighted by atomic mass is 32.2. The lowest BCUT2D eigenvalue weighted by molar-refractivity contribution is -0.188. The molecule has 4 bridgehead atoms. The number of aliphatic hydroxyl groups excluding tert-OH is 1. The normalized spacial score (nSPS) is 27.4. The molecule has 0 aliphatic carbocycles. The largest absolute Gasteiger partial charge is 0.504 e. The van der Waals surface area contributed by atoms with Gasteiger partial charge in [-0.05, 0) is 50.1 Å². The summed E-state index contributed by atoms with van der Waals surface area (Å²) in [6.45, 7) is 4.64. The predicted octanol–water partition coefficient (Wildman–Crippen LogP) is 4.28. The summed E-state index contributed by atoms with van der Waals surface area (Å²) in [7, 11) is 3.43. The molecule has 14 heteroatoms. The summed E-state index contributed by atoms with van der Waals surface area (Å²) in [5.74, 6) is -0.567. The number of rotatable bonds is 5. The van der Waals surface area contributed by atoms with Crippen molar-refractivity contribution >= 4 is 35.7 Å². The molecule has 0 spiro atoms. The number of carbonyl (C=O) groups excluding carboxylic acids is 3. The summed E-state index contributed by atoms with van der Waals surface area (Å²) in [5, 5.41) is 23.6. The Hall–Kier alpha value is -4.76. The van der Waals surface area contributed by atoms with E-state index in [1.807, 2.05) is 55.3 Å². The topological polar surface area (TPSA) is 154 Å². The van der Waals surface area contributed by atoms with Crippen LogP contribution in [0.15, 0.2) is 42.5 Å². The summed E-state index contributed by atoms with van der Waals surface area (Å²) < 4.78 is 35.4. The van der Waals surface area contributed by atoms with Gasteiger partial charge in [-0.25, -0.2) is 9.59 Å². The zero-order valence-corrected chi connectivity index (χ0v) is 30.7. The molecule has 6 aliphatic rings. The third-order valence-electron chi connectivity index (χ3n) is 10.9. The number of methoxy groups -OCH3 is 1. The van der Waals surface area contributed by atoms with Crippen molar-refractivity contribution in [3.8, 4) is 28.7 Å². The van der Waals surface area contributed by atoms with Gasteiger partial charge >= 0.3 is 17.9 Å². The van der Waals surface area contributed by atoms with Crippen LogP contribution in [0, 0.1) is 13.8 Å². The van der Waals surface area contributed by atoms with Crippen LogP contribution in [0.2, 0.25) is 0 Å². The molecule has 6 aliphatic heterocycles. The van der Waals surface area contributed by atoms with Gasteiger partial charge in [-0.3, -0.25) is 14.6 Å². The van der Waals surface area contributed by atoms with Crippen LogP contribution in [0.1, 0.15) is 63.2 Å².